The van der Waals surface area contributed by atoms with E-state index in [0.717, 1.165) is 0 Å². The second-order valence-electron chi connectivity index (χ2n) is 4.04. The van der Waals surface area contributed by atoms with E-state index >= 15 is 0 Å². The zero-order valence-electron chi connectivity index (χ0n) is 10.4. The van der Waals surface area contributed by atoms with Gasteiger partial charge in [0, 0.05) is 5.56 Å². The Labute approximate surface area is 114 Å². The summed E-state index contributed by atoms with van der Waals surface area (Å²) in [5.74, 6) is -0.481. The lowest BCUT2D eigenvalue weighted by Crippen LogP contribution is -2.11. The molecule has 0 aliphatic carbocycles. The fourth-order valence-corrected chi connectivity index (χ4v) is 2.14. The molecule has 0 aliphatic rings. The Morgan fingerprint density at radius 2 is 2.10 bits per heavy atom. The minimum atomic E-state index is -4.31. The summed E-state index contributed by atoms with van der Waals surface area (Å²) < 4.78 is 32.3. The first-order chi connectivity index (χ1) is 9.27. The predicted octanol–water partition coefficient (Wildman–Crippen LogP) is 0.585. The first kappa shape index (κ1) is 14.2. The van der Waals surface area contributed by atoms with Gasteiger partial charge in [0.2, 0.25) is 0 Å². The molecule has 2 aromatic rings. The van der Waals surface area contributed by atoms with Gasteiger partial charge in [0.15, 0.2) is 5.82 Å². The average Bonchev–Trinajstić information content (AvgIpc) is 2.69. The van der Waals surface area contributed by atoms with Crippen LogP contribution in [0.4, 0.5) is 0 Å². The van der Waals surface area contributed by atoms with E-state index in [1.807, 2.05) is 0 Å². The van der Waals surface area contributed by atoms with Gasteiger partial charge < -0.3 is 5.11 Å². The third-order valence-electron chi connectivity index (χ3n) is 2.53. The average molecular weight is 297 g/mol. The molecule has 0 atom stereocenters. The third-order valence-corrected chi connectivity index (χ3v) is 3.38. The molecular formula is C11H11N3O5S. The van der Waals surface area contributed by atoms with Crippen molar-refractivity contribution in [1.29, 1.82) is 0 Å². The van der Waals surface area contributed by atoms with Gasteiger partial charge in [0.1, 0.15) is 12.4 Å². The number of aromatic nitrogens is 3. The fraction of sp³-hybridized carbons (Fsp3) is 0.182. The monoisotopic (exact) mass is 297 g/mol. The van der Waals surface area contributed by atoms with Gasteiger partial charge in [-0.2, -0.15) is 13.5 Å². The molecule has 20 heavy (non-hydrogen) atoms. The second-order valence-corrected chi connectivity index (χ2v) is 5.46. The summed E-state index contributed by atoms with van der Waals surface area (Å²) in [5, 5.41) is 12.7. The molecule has 1 aromatic carbocycles. The van der Waals surface area contributed by atoms with E-state index in [1.54, 1.807) is 13.0 Å². The Bertz CT molecular complexity index is 766. The highest BCUT2D eigenvalue weighted by atomic mass is 32.2. The van der Waals surface area contributed by atoms with E-state index in [1.165, 1.54) is 22.9 Å². The van der Waals surface area contributed by atoms with Crippen molar-refractivity contribution in [1.82, 2.24) is 14.8 Å². The number of carbonyl (C=O) groups is 1. The maximum absolute atomic E-state index is 11.1. The lowest BCUT2D eigenvalue weighted by atomic mass is 10.2. The van der Waals surface area contributed by atoms with Crippen LogP contribution in [0.15, 0.2) is 29.2 Å². The van der Waals surface area contributed by atoms with Gasteiger partial charge in [-0.25, -0.2) is 9.67 Å². The molecule has 0 saturated carbocycles. The summed E-state index contributed by atoms with van der Waals surface area (Å²) in [6.45, 7) is 1.25. The summed E-state index contributed by atoms with van der Waals surface area (Å²) in [7, 11) is -4.31. The molecule has 0 unspecified atom stereocenters. The Hall–Kier alpha value is -2.26. The summed E-state index contributed by atoms with van der Waals surface area (Å²) in [4.78, 5) is 14.4. The normalized spacial score (nSPS) is 11.5. The predicted molar refractivity (Wildman–Crippen MR) is 67.6 cm³/mol. The Kier molecular flexibility index (Phi) is 3.55. The molecule has 2 N–H and O–H groups in total. The Morgan fingerprint density at radius 3 is 2.70 bits per heavy atom. The molecular weight excluding hydrogens is 286 g/mol. The zero-order chi connectivity index (χ0) is 14.9. The van der Waals surface area contributed by atoms with Gasteiger partial charge in [-0.15, -0.1) is 0 Å². The van der Waals surface area contributed by atoms with E-state index < -0.39 is 16.1 Å². The van der Waals surface area contributed by atoms with Gasteiger partial charge in [-0.05, 0) is 19.1 Å². The van der Waals surface area contributed by atoms with Crippen LogP contribution in [-0.2, 0) is 21.5 Å². The van der Waals surface area contributed by atoms with Crippen LogP contribution >= 0.6 is 0 Å². The van der Waals surface area contributed by atoms with Gasteiger partial charge >= 0.3 is 5.97 Å². The van der Waals surface area contributed by atoms with Crippen LogP contribution in [0.25, 0.3) is 11.4 Å². The van der Waals surface area contributed by atoms with Crippen molar-refractivity contribution >= 4 is 16.1 Å². The molecule has 9 heteroatoms. The summed E-state index contributed by atoms with van der Waals surface area (Å²) in [5.41, 5.74) is 0.368. The molecule has 0 aliphatic heterocycles. The van der Waals surface area contributed by atoms with Crippen molar-refractivity contribution in [3.63, 3.8) is 0 Å². The van der Waals surface area contributed by atoms with Crippen molar-refractivity contribution < 1.29 is 22.9 Å². The first-order valence-electron chi connectivity index (χ1n) is 5.48. The lowest BCUT2D eigenvalue weighted by Gasteiger charge is -1.99. The summed E-state index contributed by atoms with van der Waals surface area (Å²) >= 11 is 0. The summed E-state index contributed by atoms with van der Waals surface area (Å²) in [6.07, 6.45) is 0. The third kappa shape index (κ3) is 3.00. The van der Waals surface area contributed by atoms with Crippen LogP contribution in [0.5, 0.6) is 0 Å². The maximum Gasteiger partial charge on any atom is 0.325 e. The zero-order valence-corrected chi connectivity index (χ0v) is 11.2. The standard InChI is InChI=1S/C11H11N3O5S/c1-7-12-11(13-14(7)6-10(15)16)8-3-2-4-9(5-8)20(17,18)19/h2-5H,6H2,1H3,(H,15,16)(H,17,18,19). The van der Waals surface area contributed by atoms with Crippen molar-refractivity contribution in [2.45, 2.75) is 18.4 Å². The van der Waals surface area contributed by atoms with E-state index in [9.17, 15) is 13.2 Å². The number of carboxylic acids is 1. The highest BCUT2D eigenvalue weighted by molar-refractivity contribution is 7.85. The molecule has 8 nitrogen and oxygen atoms in total. The molecule has 1 aromatic heterocycles. The Balaban J connectivity index is 2.45. The number of benzene rings is 1. The highest BCUT2D eigenvalue weighted by Crippen LogP contribution is 2.19. The molecule has 106 valence electrons. The molecule has 1 heterocycles. The van der Waals surface area contributed by atoms with Crippen molar-refractivity contribution in [3.8, 4) is 11.4 Å². The number of rotatable bonds is 4. The van der Waals surface area contributed by atoms with Gasteiger partial charge in [-0.1, -0.05) is 12.1 Å². The molecule has 0 saturated heterocycles. The number of carboxylic acid groups (broad SMARTS) is 1. The molecule has 2 rings (SSSR count). The lowest BCUT2D eigenvalue weighted by molar-refractivity contribution is -0.137. The molecule has 0 amide bonds. The minimum absolute atomic E-state index is 0.189. The molecule has 0 spiro atoms. The molecule has 0 bridgehead atoms. The van der Waals surface area contributed by atoms with E-state index in [2.05, 4.69) is 10.1 Å². The van der Waals surface area contributed by atoms with Gasteiger partial charge in [0.05, 0.1) is 4.90 Å². The van der Waals surface area contributed by atoms with Crippen molar-refractivity contribution in [2.24, 2.45) is 0 Å². The minimum Gasteiger partial charge on any atom is -0.480 e. The van der Waals surface area contributed by atoms with Crippen LogP contribution in [0.3, 0.4) is 0 Å². The topological polar surface area (TPSA) is 122 Å². The van der Waals surface area contributed by atoms with Crippen LogP contribution in [0.1, 0.15) is 5.82 Å². The molecule has 0 radical (unpaired) electrons. The van der Waals surface area contributed by atoms with Crippen LogP contribution in [0.2, 0.25) is 0 Å². The number of aryl methyl sites for hydroxylation is 1. The number of hydrogen-bond donors (Lipinski definition) is 2. The summed E-state index contributed by atoms with van der Waals surface area (Å²) in [6, 6.07) is 5.45. The first-order valence-corrected chi connectivity index (χ1v) is 6.92. The van der Waals surface area contributed by atoms with Crippen molar-refractivity contribution in [3.05, 3.63) is 30.1 Å². The fourth-order valence-electron chi connectivity index (χ4n) is 1.62. The number of nitrogens with zero attached hydrogens (tertiary/aromatic N) is 3. The van der Waals surface area contributed by atoms with Crippen LogP contribution < -0.4 is 0 Å². The quantitative estimate of drug-likeness (QED) is 0.791. The highest BCUT2D eigenvalue weighted by Gasteiger charge is 2.14. The van der Waals surface area contributed by atoms with E-state index in [-0.39, 0.29) is 17.3 Å². The van der Waals surface area contributed by atoms with Gasteiger partial charge in [0.25, 0.3) is 10.1 Å². The van der Waals surface area contributed by atoms with Crippen LogP contribution in [0, 0.1) is 6.92 Å². The largest absolute Gasteiger partial charge is 0.480 e. The molecule has 0 fully saturated rings. The number of aliphatic carboxylic acids is 1. The van der Waals surface area contributed by atoms with E-state index in [4.69, 9.17) is 9.66 Å². The Morgan fingerprint density at radius 1 is 1.40 bits per heavy atom. The number of hydrogen-bond acceptors (Lipinski definition) is 5. The van der Waals surface area contributed by atoms with Crippen molar-refractivity contribution in [2.75, 3.05) is 0 Å². The second kappa shape index (κ2) is 5.02. The van der Waals surface area contributed by atoms with Gasteiger partial charge in [-0.3, -0.25) is 9.35 Å². The van der Waals surface area contributed by atoms with E-state index in [0.29, 0.717) is 11.4 Å². The smallest absolute Gasteiger partial charge is 0.325 e. The SMILES string of the molecule is Cc1nc(-c2cccc(S(=O)(=O)O)c2)nn1CC(=O)O. The van der Waals surface area contributed by atoms with Crippen LogP contribution in [-0.4, -0.2) is 38.8 Å². The maximum atomic E-state index is 11.1.